The number of sulfonamides is 1. The largest absolute Gasteiger partial charge is 0.461 e. The minimum Gasteiger partial charge on any atom is -0.461 e. The van der Waals surface area contributed by atoms with Gasteiger partial charge in [-0.2, -0.15) is 8.78 Å². The number of halogens is 4. The van der Waals surface area contributed by atoms with Crippen molar-refractivity contribution in [3.05, 3.63) is 112 Å². The van der Waals surface area contributed by atoms with Gasteiger partial charge in [0.25, 0.3) is 21.5 Å². The second-order valence-electron chi connectivity index (χ2n) is 9.74. The Labute approximate surface area is 254 Å². The molecular formula is C30H25F4N3O7S. The van der Waals surface area contributed by atoms with Crippen LogP contribution in [0.15, 0.2) is 88.7 Å². The molecule has 0 unspecified atom stereocenters. The van der Waals surface area contributed by atoms with Gasteiger partial charge in [-0.15, -0.1) is 0 Å². The maximum absolute atomic E-state index is 13.6. The maximum Gasteiger partial charge on any atom is 0.387 e. The number of H-pyrrole nitrogens is 1. The average molecular weight is 648 g/mol. The molecule has 2 N–H and O–H groups in total. The number of aromatic amines is 1. The molecule has 1 fully saturated rings. The third-order valence-corrected chi connectivity index (χ3v) is 8.03. The molecule has 0 spiro atoms. The number of nitrogens with zero attached hydrogens (tertiary/aromatic N) is 1. The minimum absolute atomic E-state index is 0.0132. The molecule has 2 heterocycles. The number of anilines is 2. The molecule has 1 amide bonds. The first kappa shape index (κ1) is 31.5. The Morgan fingerprint density at radius 3 is 2.42 bits per heavy atom. The van der Waals surface area contributed by atoms with Crippen LogP contribution in [0.3, 0.4) is 0 Å². The Bertz CT molecular complexity index is 1850. The predicted molar refractivity (Wildman–Crippen MR) is 153 cm³/mol. The van der Waals surface area contributed by atoms with Crippen LogP contribution in [-0.4, -0.2) is 38.8 Å². The van der Waals surface area contributed by atoms with Gasteiger partial charge < -0.3 is 24.1 Å². The molecule has 1 saturated heterocycles. The van der Waals surface area contributed by atoms with Crippen LogP contribution in [0.2, 0.25) is 0 Å². The number of hydrogen-bond donors (Lipinski definition) is 2. The van der Waals surface area contributed by atoms with Crippen LogP contribution in [0.5, 0.6) is 11.5 Å². The molecule has 1 aromatic heterocycles. The van der Waals surface area contributed by atoms with E-state index >= 15 is 0 Å². The predicted octanol–water partition coefficient (Wildman–Crippen LogP) is 5.23. The highest BCUT2D eigenvalue weighted by Crippen LogP contribution is 2.38. The van der Waals surface area contributed by atoms with Crippen molar-refractivity contribution < 1.29 is 45.0 Å². The number of ether oxygens (including phenoxy) is 3. The summed E-state index contributed by atoms with van der Waals surface area (Å²) >= 11 is 0. The quantitative estimate of drug-likeness (QED) is 0.212. The summed E-state index contributed by atoms with van der Waals surface area (Å²) in [5.41, 5.74) is 0.682. The highest BCUT2D eigenvalue weighted by Gasteiger charge is 2.24. The molecule has 3 aromatic carbocycles. The number of pyridine rings is 1. The van der Waals surface area contributed by atoms with E-state index in [-0.39, 0.29) is 29.2 Å². The third kappa shape index (κ3) is 7.61. The first-order valence-electron chi connectivity index (χ1n) is 13.4. The topological polar surface area (TPSA) is 127 Å². The first-order valence-corrected chi connectivity index (χ1v) is 14.9. The number of hydrogen-bond acceptors (Lipinski definition) is 8. The van der Waals surface area contributed by atoms with Gasteiger partial charge in [-0.1, -0.05) is 6.07 Å². The first-order chi connectivity index (χ1) is 21.5. The number of benzene rings is 3. The Hall–Kier alpha value is -4.89. The standard InChI is InChI=1S/C30H25F4N3O7S/c31-23-11-10-22(16-24(23)32)45(40,41)36-29(39)18-5-7-20(8-6-18)37(17-19-3-1-13-35-28(19)38)21-9-12-25(44-30(33)34)26(15-21)43-27-4-2-14-42-27/h1,3,5-13,15-16,27,30H,2,4,14,17H2,(H,35,38)(H,36,39)/t27-/m1/s1. The van der Waals surface area contributed by atoms with E-state index < -0.39 is 45.4 Å². The summed E-state index contributed by atoms with van der Waals surface area (Å²) in [5.74, 6) is -3.94. The molecule has 1 aliphatic rings. The second-order valence-corrected chi connectivity index (χ2v) is 11.4. The van der Waals surface area contributed by atoms with Crippen LogP contribution in [0, 0.1) is 11.6 Å². The summed E-state index contributed by atoms with van der Waals surface area (Å²) in [4.78, 5) is 28.9. The van der Waals surface area contributed by atoms with E-state index in [1.165, 1.54) is 48.7 Å². The van der Waals surface area contributed by atoms with Gasteiger partial charge in [0, 0.05) is 41.2 Å². The van der Waals surface area contributed by atoms with Crippen molar-refractivity contribution in [2.45, 2.75) is 37.2 Å². The SMILES string of the molecule is O=C(NS(=O)(=O)c1ccc(F)c(F)c1)c1ccc(N(Cc2ccc[nH]c2=O)c2ccc(OC(F)F)c(O[C@@H]3CCCO3)c2)cc1. The van der Waals surface area contributed by atoms with E-state index in [1.807, 2.05) is 4.72 Å². The zero-order valence-corrected chi connectivity index (χ0v) is 24.0. The summed E-state index contributed by atoms with van der Waals surface area (Å²) in [6.07, 6.45) is 2.05. The molecule has 0 aliphatic carbocycles. The van der Waals surface area contributed by atoms with Crippen LogP contribution in [0.25, 0.3) is 0 Å². The lowest BCUT2D eigenvalue weighted by Crippen LogP contribution is -2.30. The zero-order valence-electron chi connectivity index (χ0n) is 23.2. The molecule has 1 aliphatic heterocycles. The number of carbonyl (C=O) groups is 1. The monoisotopic (exact) mass is 647 g/mol. The van der Waals surface area contributed by atoms with Crippen molar-refractivity contribution in [2.24, 2.45) is 0 Å². The number of rotatable bonds is 11. The van der Waals surface area contributed by atoms with Crippen molar-refractivity contribution in [1.29, 1.82) is 0 Å². The number of aromatic nitrogens is 1. The summed E-state index contributed by atoms with van der Waals surface area (Å²) in [7, 11) is -4.53. The van der Waals surface area contributed by atoms with E-state index in [0.717, 1.165) is 12.5 Å². The molecular weight excluding hydrogens is 622 g/mol. The fourth-order valence-corrected chi connectivity index (χ4v) is 5.48. The number of carbonyl (C=O) groups excluding carboxylic acids is 1. The van der Waals surface area contributed by atoms with Crippen LogP contribution >= 0.6 is 0 Å². The number of alkyl halides is 2. The summed E-state index contributed by atoms with van der Waals surface area (Å²) in [5, 5.41) is 0. The molecule has 0 radical (unpaired) electrons. The molecule has 5 rings (SSSR count). The molecule has 10 nitrogen and oxygen atoms in total. The lowest BCUT2D eigenvalue weighted by atomic mass is 10.1. The Morgan fingerprint density at radius 2 is 1.76 bits per heavy atom. The van der Waals surface area contributed by atoms with Gasteiger partial charge in [0.2, 0.25) is 0 Å². The maximum atomic E-state index is 13.6. The minimum atomic E-state index is -4.53. The van der Waals surface area contributed by atoms with E-state index in [9.17, 15) is 35.6 Å². The summed E-state index contributed by atoms with van der Waals surface area (Å²) < 4.78 is 96.1. The van der Waals surface area contributed by atoms with Crippen LogP contribution < -0.4 is 24.7 Å². The van der Waals surface area contributed by atoms with E-state index in [2.05, 4.69) is 9.72 Å². The van der Waals surface area contributed by atoms with Crippen LogP contribution in [-0.2, 0) is 21.3 Å². The summed E-state index contributed by atoms with van der Waals surface area (Å²) in [6.45, 7) is -2.69. The smallest absolute Gasteiger partial charge is 0.387 e. The molecule has 15 heteroatoms. The van der Waals surface area contributed by atoms with E-state index in [1.54, 1.807) is 17.0 Å². The van der Waals surface area contributed by atoms with Gasteiger partial charge in [-0.05, 0) is 67.1 Å². The van der Waals surface area contributed by atoms with Gasteiger partial charge >= 0.3 is 6.61 Å². The fourth-order valence-electron chi connectivity index (χ4n) is 4.49. The van der Waals surface area contributed by atoms with Gasteiger partial charge in [0.15, 0.2) is 29.4 Å². The lowest BCUT2D eigenvalue weighted by molar-refractivity contribution is -0.0632. The van der Waals surface area contributed by atoms with Gasteiger partial charge in [0.05, 0.1) is 18.0 Å². The average Bonchev–Trinajstić information content (AvgIpc) is 3.52. The highest BCUT2D eigenvalue weighted by atomic mass is 32.2. The highest BCUT2D eigenvalue weighted by molar-refractivity contribution is 7.90. The van der Waals surface area contributed by atoms with Crippen molar-refractivity contribution in [1.82, 2.24) is 9.71 Å². The molecule has 236 valence electrons. The van der Waals surface area contributed by atoms with Crippen molar-refractivity contribution in [3.63, 3.8) is 0 Å². The van der Waals surface area contributed by atoms with Gasteiger partial charge in [-0.25, -0.2) is 21.9 Å². The molecule has 0 saturated carbocycles. The normalized spacial score (nSPS) is 14.7. The van der Waals surface area contributed by atoms with Crippen molar-refractivity contribution in [2.75, 3.05) is 11.5 Å². The second kappa shape index (κ2) is 13.4. The van der Waals surface area contributed by atoms with Gasteiger partial charge in [0.1, 0.15) is 0 Å². The third-order valence-electron chi connectivity index (χ3n) is 6.70. The Morgan fingerprint density at radius 1 is 1.00 bits per heavy atom. The van der Waals surface area contributed by atoms with Crippen molar-refractivity contribution >= 4 is 27.3 Å². The van der Waals surface area contributed by atoms with Crippen molar-refractivity contribution in [3.8, 4) is 11.5 Å². The van der Waals surface area contributed by atoms with E-state index in [0.29, 0.717) is 42.1 Å². The molecule has 45 heavy (non-hydrogen) atoms. The molecule has 0 bridgehead atoms. The van der Waals surface area contributed by atoms with E-state index in [4.69, 9.17) is 9.47 Å². The fraction of sp³-hybridized carbons (Fsp3) is 0.200. The Balaban J connectivity index is 1.46. The summed E-state index contributed by atoms with van der Waals surface area (Å²) in [6, 6.07) is 14.9. The van der Waals surface area contributed by atoms with Gasteiger partial charge in [-0.3, -0.25) is 9.59 Å². The number of amides is 1. The van der Waals surface area contributed by atoms with Crippen LogP contribution in [0.4, 0.5) is 28.9 Å². The zero-order chi connectivity index (χ0) is 32.1. The van der Waals surface area contributed by atoms with Crippen LogP contribution in [0.1, 0.15) is 28.8 Å². The molecule has 1 atom stereocenters. The molecule has 4 aromatic rings. The Kier molecular flexibility index (Phi) is 9.39. The lowest BCUT2D eigenvalue weighted by Gasteiger charge is -2.26. The number of nitrogens with one attached hydrogen (secondary N) is 2.